The van der Waals surface area contributed by atoms with Crippen molar-refractivity contribution in [3.8, 4) is 39.1 Å². The third kappa shape index (κ3) is 5.67. The summed E-state index contributed by atoms with van der Waals surface area (Å²) in [5.74, 6) is 0. The zero-order chi connectivity index (χ0) is 38.6. The van der Waals surface area contributed by atoms with Gasteiger partial charge in [0, 0.05) is 38.6 Å². The number of hydrogen-bond acceptors (Lipinski definition) is 2. The van der Waals surface area contributed by atoms with Crippen molar-refractivity contribution in [2.45, 2.75) is 6.92 Å². The van der Waals surface area contributed by atoms with Crippen molar-refractivity contribution in [1.82, 2.24) is 4.57 Å². The summed E-state index contributed by atoms with van der Waals surface area (Å²) in [6.45, 7) is 2.11. The lowest BCUT2D eigenvalue weighted by Crippen LogP contribution is -2.09. The van der Waals surface area contributed by atoms with Gasteiger partial charge in [-0.15, -0.1) is 0 Å². The summed E-state index contributed by atoms with van der Waals surface area (Å²) in [6.07, 6.45) is 0. The first-order chi connectivity index (χ1) is 28.7. The van der Waals surface area contributed by atoms with Crippen molar-refractivity contribution in [2.75, 3.05) is 4.90 Å². The van der Waals surface area contributed by atoms with Gasteiger partial charge in [-0.05, 0) is 107 Å². The van der Waals surface area contributed by atoms with Crippen molar-refractivity contribution in [3.63, 3.8) is 0 Å². The molecule has 0 N–H and O–H groups in total. The molecule has 0 bridgehead atoms. The Balaban J connectivity index is 0.991. The Morgan fingerprint density at radius 2 is 0.793 bits per heavy atom. The second-order valence-electron chi connectivity index (χ2n) is 15.0. The van der Waals surface area contributed by atoms with E-state index >= 15 is 0 Å². The van der Waals surface area contributed by atoms with Crippen molar-refractivity contribution in [2.24, 2.45) is 0 Å². The summed E-state index contributed by atoms with van der Waals surface area (Å²) < 4.78 is 9.01. The zero-order valence-corrected chi connectivity index (χ0v) is 32.0. The molecule has 0 radical (unpaired) electrons. The molecule has 0 unspecified atom stereocenters. The molecule has 0 amide bonds. The molecule has 2 heterocycles. The number of nitrogens with zero attached hydrogens (tertiary/aromatic N) is 2. The van der Waals surface area contributed by atoms with Crippen LogP contribution in [0.1, 0.15) is 5.56 Å². The quantitative estimate of drug-likeness (QED) is 0.162. The molecule has 0 fully saturated rings. The Morgan fingerprint density at radius 3 is 1.40 bits per heavy atom. The highest BCUT2D eigenvalue weighted by atomic mass is 16.3. The van der Waals surface area contributed by atoms with Gasteiger partial charge in [-0.2, -0.15) is 0 Å². The largest absolute Gasteiger partial charge is 0.454 e. The number of benzene rings is 9. The normalized spacial score (nSPS) is 11.5. The van der Waals surface area contributed by atoms with Gasteiger partial charge in [0.2, 0.25) is 0 Å². The highest BCUT2D eigenvalue weighted by Gasteiger charge is 2.19. The molecule has 0 aliphatic carbocycles. The Bertz CT molecular complexity index is 3170. The van der Waals surface area contributed by atoms with Crippen LogP contribution in [-0.4, -0.2) is 4.57 Å². The lowest BCUT2D eigenvalue weighted by atomic mass is 10.0. The number of aryl methyl sites for hydroxylation is 1. The summed E-state index contributed by atoms with van der Waals surface area (Å²) in [4.78, 5) is 2.34. The van der Waals surface area contributed by atoms with E-state index in [0.29, 0.717) is 0 Å². The first kappa shape index (κ1) is 33.7. The molecule has 0 aliphatic heterocycles. The molecule has 0 aliphatic rings. The number of rotatable bonds is 7. The summed E-state index contributed by atoms with van der Waals surface area (Å²) >= 11 is 0. The first-order valence-electron chi connectivity index (χ1n) is 19.8. The average Bonchev–Trinajstić information content (AvgIpc) is 3.85. The Labute approximate surface area is 337 Å². The van der Waals surface area contributed by atoms with E-state index in [4.69, 9.17) is 4.42 Å². The van der Waals surface area contributed by atoms with E-state index in [0.717, 1.165) is 66.8 Å². The number of hydrogen-bond donors (Lipinski definition) is 0. The van der Waals surface area contributed by atoms with E-state index in [1.165, 1.54) is 38.6 Å². The number of aromatic nitrogens is 1. The van der Waals surface area contributed by atoms with Crippen LogP contribution in [0.2, 0.25) is 0 Å². The Morgan fingerprint density at radius 1 is 0.345 bits per heavy atom. The predicted octanol–water partition coefficient (Wildman–Crippen LogP) is 15.5. The van der Waals surface area contributed by atoms with Gasteiger partial charge < -0.3 is 13.9 Å². The van der Waals surface area contributed by atoms with Crippen LogP contribution in [0.3, 0.4) is 0 Å². The fraction of sp³-hybridized carbons (Fsp3) is 0.0182. The molecule has 0 saturated carbocycles. The summed E-state index contributed by atoms with van der Waals surface area (Å²) in [6, 6.07) is 76.2. The van der Waals surface area contributed by atoms with Gasteiger partial charge in [-0.25, -0.2) is 0 Å². The molecular weight excluding hydrogens is 705 g/mol. The van der Waals surface area contributed by atoms with Crippen molar-refractivity contribution < 1.29 is 4.42 Å². The van der Waals surface area contributed by atoms with Crippen LogP contribution in [0, 0.1) is 6.92 Å². The molecule has 58 heavy (non-hydrogen) atoms. The second-order valence-corrected chi connectivity index (χ2v) is 15.0. The standard InChI is InChI=1S/C55H38N2O/c1-37-12-10-18-48-49-19-11-21-53(55(49)58-54(37)48)57-51-20-9-8-17-47(51)50-36-43(28-35-52(50)57)42-26-33-46(34-27-42)56(44-29-22-40(23-30-44)38-13-4-2-5-14-38)45-31-24-41(25-32-45)39-15-6-3-7-16-39/h2-36H,1H3. The molecule has 0 spiro atoms. The van der Waals surface area contributed by atoms with Crippen LogP contribution in [0.4, 0.5) is 17.1 Å². The molecule has 274 valence electrons. The van der Waals surface area contributed by atoms with Gasteiger partial charge >= 0.3 is 0 Å². The lowest BCUT2D eigenvalue weighted by Gasteiger charge is -2.26. The van der Waals surface area contributed by atoms with E-state index in [-0.39, 0.29) is 0 Å². The topological polar surface area (TPSA) is 21.3 Å². The number of anilines is 3. The van der Waals surface area contributed by atoms with Crippen molar-refractivity contribution in [1.29, 1.82) is 0 Å². The maximum absolute atomic E-state index is 6.65. The molecule has 3 nitrogen and oxygen atoms in total. The van der Waals surface area contributed by atoms with Crippen LogP contribution in [0.15, 0.2) is 217 Å². The molecular formula is C55H38N2O. The highest BCUT2D eigenvalue weighted by Crippen LogP contribution is 2.41. The first-order valence-corrected chi connectivity index (χ1v) is 19.8. The van der Waals surface area contributed by atoms with E-state index in [2.05, 4.69) is 229 Å². The van der Waals surface area contributed by atoms with Gasteiger partial charge in [0.25, 0.3) is 0 Å². The fourth-order valence-corrected chi connectivity index (χ4v) is 8.65. The van der Waals surface area contributed by atoms with Crippen molar-refractivity contribution >= 4 is 60.8 Å². The van der Waals surface area contributed by atoms with Crippen LogP contribution >= 0.6 is 0 Å². The van der Waals surface area contributed by atoms with Crippen molar-refractivity contribution in [3.05, 3.63) is 218 Å². The molecule has 9 aromatic carbocycles. The molecule has 11 rings (SSSR count). The third-order valence-corrected chi connectivity index (χ3v) is 11.5. The minimum atomic E-state index is 0.906. The van der Waals surface area contributed by atoms with E-state index in [1.807, 2.05) is 0 Å². The van der Waals surface area contributed by atoms with Gasteiger partial charge in [0.1, 0.15) is 5.58 Å². The Kier molecular flexibility index (Phi) is 8.04. The molecule has 11 aromatic rings. The number of para-hydroxylation sites is 3. The Hall–Kier alpha value is -7.62. The maximum Gasteiger partial charge on any atom is 0.159 e. The van der Waals surface area contributed by atoms with Gasteiger partial charge in [0.15, 0.2) is 5.58 Å². The summed E-state index contributed by atoms with van der Waals surface area (Å²) in [5.41, 5.74) is 16.8. The zero-order valence-electron chi connectivity index (χ0n) is 32.0. The van der Waals surface area contributed by atoms with Crippen LogP contribution in [-0.2, 0) is 0 Å². The predicted molar refractivity (Wildman–Crippen MR) is 244 cm³/mol. The fourth-order valence-electron chi connectivity index (χ4n) is 8.65. The van der Waals surface area contributed by atoms with Crippen LogP contribution < -0.4 is 4.90 Å². The summed E-state index contributed by atoms with van der Waals surface area (Å²) in [7, 11) is 0. The van der Waals surface area contributed by atoms with E-state index in [1.54, 1.807) is 0 Å². The SMILES string of the molecule is Cc1cccc2c1oc1c(-n3c4ccccc4c4cc(-c5ccc(N(c6ccc(-c7ccccc7)cc6)c6ccc(-c7ccccc7)cc6)cc5)ccc43)cccc12. The van der Waals surface area contributed by atoms with E-state index < -0.39 is 0 Å². The third-order valence-electron chi connectivity index (χ3n) is 11.5. The number of furan rings is 1. The molecule has 2 aromatic heterocycles. The van der Waals surface area contributed by atoms with Crippen LogP contribution in [0.25, 0.3) is 82.8 Å². The van der Waals surface area contributed by atoms with Gasteiger partial charge in [-0.3, -0.25) is 0 Å². The summed E-state index contributed by atoms with van der Waals surface area (Å²) in [5, 5.41) is 4.70. The van der Waals surface area contributed by atoms with Crippen LogP contribution in [0.5, 0.6) is 0 Å². The number of fused-ring (bicyclic) bond motifs is 6. The van der Waals surface area contributed by atoms with E-state index in [9.17, 15) is 0 Å². The smallest absolute Gasteiger partial charge is 0.159 e. The minimum Gasteiger partial charge on any atom is -0.454 e. The average molecular weight is 743 g/mol. The minimum absolute atomic E-state index is 0.906. The molecule has 0 saturated heterocycles. The second kappa shape index (κ2) is 13.8. The van der Waals surface area contributed by atoms with Gasteiger partial charge in [-0.1, -0.05) is 152 Å². The maximum atomic E-state index is 6.65. The molecule has 3 heteroatoms. The highest BCUT2D eigenvalue weighted by molar-refractivity contribution is 6.13. The monoisotopic (exact) mass is 742 g/mol. The molecule has 0 atom stereocenters. The lowest BCUT2D eigenvalue weighted by molar-refractivity contribution is 0.663. The van der Waals surface area contributed by atoms with Gasteiger partial charge in [0.05, 0.1) is 16.7 Å².